The fourth-order valence-corrected chi connectivity index (χ4v) is 2.13. The average Bonchev–Trinajstić information content (AvgIpc) is 2.82. The minimum Gasteiger partial charge on any atom is -0.445 e. The van der Waals surface area contributed by atoms with Crippen LogP contribution in [0, 0.1) is 0 Å². The molecule has 20 heavy (non-hydrogen) atoms. The molecule has 0 spiro atoms. The number of hydrogen-bond donors (Lipinski definition) is 2. The van der Waals surface area contributed by atoms with E-state index in [-0.39, 0.29) is 5.95 Å². The second kappa shape index (κ2) is 4.70. The van der Waals surface area contributed by atoms with Gasteiger partial charge in [-0.25, -0.2) is 0 Å². The van der Waals surface area contributed by atoms with Gasteiger partial charge in [-0.05, 0) is 24.1 Å². The van der Waals surface area contributed by atoms with Gasteiger partial charge in [-0.1, -0.05) is 30.3 Å². The number of fused-ring (bicyclic) bond motifs is 1. The number of hydrogen-bond acceptors (Lipinski definition) is 5. The Morgan fingerprint density at radius 3 is 2.65 bits per heavy atom. The van der Waals surface area contributed by atoms with Crippen molar-refractivity contribution in [3.8, 4) is 0 Å². The molecule has 0 saturated carbocycles. The summed E-state index contributed by atoms with van der Waals surface area (Å²) in [6.07, 6.45) is 3.61. The number of nitrogen functional groups attached to an aromatic ring is 2. The Hall–Kier alpha value is -2.82. The van der Waals surface area contributed by atoms with Crippen LogP contribution in [-0.4, -0.2) is 9.97 Å². The third kappa shape index (κ3) is 2.09. The summed E-state index contributed by atoms with van der Waals surface area (Å²) >= 11 is 0. The number of furan rings is 1. The molecular weight excluding hydrogens is 252 g/mol. The van der Waals surface area contributed by atoms with Crippen LogP contribution < -0.4 is 11.5 Å². The van der Waals surface area contributed by atoms with Gasteiger partial charge in [0, 0.05) is 5.56 Å². The van der Waals surface area contributed by atoms with Gasteiger partial charge < -0.3 is 15.9 Å². The maximum Gasteiger partial charge on any atom is 0.233 e. The lowest BCUT2D eigenvalue weighted by Gasteiger charge is -2.01. The largest absolute Gasteiger partial charge is 0.445 e. The zero-order valence-electron chi connectivity index (χ0n) is 11.0. The molecule has 0 amide bonds. The number of aromatic nitrogens is 2. The molecule has 5 heteroatoms. The molecule has 3 rings (SSSR count). The third-order valence-electron chi connectivity index (χ3n) is 3.11. The van der Waals surface area contributed by atoms with Crippen molar-refractivity contribution in [2.45, 2.75) is 6.92 Å². The van der Waals surface area contributed by atoms with Crippen molar-refractivity contribution < 1.29 is 4.42 Å². The summed E-state index contributed by atoms with van der Waals surface area (Å²) in [6.45, 7) is 2.03. The lowest BCUT2D eigenvalue weighted by Crippen LogP contribution is -1.99. The molecular formula is C15H14N4O. The van der Waals surface area contributed by atoms with Crippen LogP contribution in [0.15, 0.2) is 41.0 Å². The highest BCUT2D eigenvalue weighted by molar-refractivity contribution is 5.97. The fourth-order valence-electron chi connectivity index (χ4n) is 2.13. The van der Waals surface area contributed by atoms with Crippen molar-refractivity contribution >= 4 is 34.5 Å². The first-order chi connectivity index (χ1) is 9.65. The molecule has 1 aromatic carbocycles. The number of benzene rings is 1. The van der Waals surface area contributed by atoms with Gasteiger partial charge in [0.25, 0.3) is 0 Å². The van der Waals surface area contributed by atoms with E-state index in [9.17, 15) is 0 Å². The topological polar surface area (TPSA) is 91.0 Å². The molecule has 100 valence electrons. The lowest BCUT2D eigenvalue weighted by molar-refractivity contribution is 0.602. The highest BCUT2D eigenvalue weighted by Crippen LogP contribution is 2.28. The van der Waals surface area contributed by atoms with Crippen LogP contribution in [0.4, 0.5) is 11.8 Å². The Balaban J connectivity index is 2.12. The quantitative estimate of drug-likeness (QED) is 0.744. The normalized spacial score (nSPS) is 11.9. The number of allylic oxidation sites excluding steroid dienone is 1. The molecule has 2 heterocycles. The van der Waals surface area contributed by atoms with Gasteiger partial charge in [0.15, 0.2) is 0 Å². The monoisotopic (exact) mass is 266 g/mol. The highest BCUT2D eigenvalue weighted by atomic mass is 16.3. The van der Waals surface area contributed by atoms with Gasteiger partial charge in [-0.15, -0.1) is 0 Å². The van der Waals surface area contributed by atoms with Crippen LogP contribution in [0.2, 0.25) is 0 Å². The van der Waals surface area contributed by atoms with Crippen molar-refractivity contribution in [1.29, 1.82) is 0 Å². The molecule has 0 aliphatic heterocycles. The summed E-state index contributed by atoms with van der Waals surface area (Å²) < 4.78 is 5.39. The van der Waals surface area contributed by atoms with Gasteiger partial charge in [0.1, 0.15) is 12.1 Å². The summed E-state index contributed by atoms with van der Waals surface area (Å²) in [5, 5.41) is 0.689. The molecule has 0 atom stereocenters. The maximum atomic E-state index is 5.90. The molecule has 3 aromatic rings. The van der Waals surface area contributed by atoms with Gasteiger partial charge in [-0.3, -0.25) is 0 Å². The molecule has 2 aromatic heterocycles. The Bertz CT molecular complexity index is 790. The van der Waals surface area contributed by atoms with E-state index in [1.807, 2.05) is 43.3 Å². The zero-order valence-corrected chi connectivity index (χ0v) is 11.0. The third-order valence-corrected chi connectivity index (χ3v) is 3.11. The first-order valence-electron chi connectivity index (χ1n) is 6.19. The highest BCUT2D eigenvalue weighted by Gasteiger charge is 2.11. The van der Waals surface area contributed by atoms with Gasteiger partial charge >= 0.3 is 0 Å². The standard InChI is InChI=1S/C15H14N4O/c1-9(10-5-3-2-4-6-10)7-11-8-20-14-12(11)13(16)18-15(17)19-14/h2-8H,1H3,(H4,16,17,18,19)/b9-7+. The minimum absolute atomic E-state index is 0.111. The van der Waals surface area contributed by atoms with E-state index in [0.29, 0.717) is 16.9 Å². The van der Waals surface area contributed by atoms with Crippen molar-refractivity contribution in [2.24, 2.45) is 0 Å². The number of rotatable bonds is 2. The van der Waals surface area contributed by atoms with Crippen LogP contribution in [0.5, 0.6) is 0 Å². The van der Waals surface area contributed by atoms with Crippen LogP contribution in [0.25, 0.3) is 22.7 Å². The number of nitrogens with two attached hydrogens (primary N) is 2. The van der Waals surface area contributed by atoms with Crippen molar-refractivity contribution in [3.05, 3.63) is 47.7 Å². The van der Waals surface area contributed by atoms with Crippen LogP contribution in [0.3, 0.4) is 0 Å². The van der Waals surface area contributed by atoms with Gasteiger partial charge in [0.05, 0.1) is 5.39 Å². The van der Waals surface area contributed by atoms with Gasteiger partial charge in [0.2, 0.25) is 11.7 Å². The zero-order chi connectivity index (χ0) is 14.1. The number of nitrogens with zero attached hydrogens (tertiary/aromatic N) is 2. The smallest absolute Gasteiger partial charge is 0.233 e. The first kappa shape index (κ1) is 12.2. The predicted molar refractivity (Wildman–Crippen MR) is 80.6 cm³/mol. The van der Waals surface area contributed by atoms with E-state index in [1.54, 1.807) is 6.26 Å². The summed E-state index contributed by atoms with van der Waals surface area (Å²) in [5.74, 6) is 0.438. The van der Waals surface area contributed by atoms with E-state index in [0.717, 1.165) is 16.7 Å². The van der Waals surface area contributed by atoms with E-state index < -0.39 is 0 Å². The van der Waals surface area contributed by atoms with Crippen molar-refractivity contribution in [3.63, 3.8) is 0 Å². The van der Waals surface area contributed by atoms with Crippen LogP contribution in [0.1, 0.15) is 18.1 Å². The van der Waals surface area contributed by atoms with E-state index in [2.05, 4.69) is 9.97 Å². The minimum atomic E-state index is 0.111. The van der Waals surface area contributed by atoms with E-state index in [1.165, 1.54) is 0 Å². The summed E-state index contributed by atoms with van der Waals surface area (Å²) in [6, 6.07) is 10.1. The molecule has 0 radical (unpaired) electrons. The lowest BCUT2D eigenvalue weighted by atomic mass is 10.0. The molecule has 0 fully saturated rings. The Morgan fingerprint density at radius 2 is 1.90 bits per heavy atom. The van der Waals surface area contributed by atoms with Crippen molar-refractivity contribution in [2.75, 3.05) is 11.5 Å². The Kier molecular flexibility index (Phi) is 2.87. The fraction of sp³-hybridized carbons (Fsp3) is 0.0667. The summed E-state index contributed by atoms with van der Waals surface area (Å²) in [4.78, 5) is 8.00. The summed E-state index contributed by atoms with van der Waals surface area (Å²) in [7, 11) is 0. The molecule has 0 aliphatic rings. The van der Waals surface area contributed by atoms with Crippen LogP contribution >= 0.6 is 0 Å². The number of anilines is 2. The van der Waals surface area contributed by atoms with Crippen molar-refractivity contribution in [1.82, 2.24) is 9.97 Å². The molecule has 0 saturated heterocycles. The summed E-state index contributed by atoms with van der Waals surface area (Å²) in [5.41, 5.74) is 14.9. The second-order valence-corrected chi connectivity index (χ2v) is 4.53. The predicted octanol–water partition coefficient (Wildman–Crippen LogP) is 2.95. The molecule has 0 unspecified atom stereocenters. The first-order valence-corrected chi connectivity index (χ1v) is 6.19. The molecule has 0 bridgehead atoms. The maximum absolute atomic E-state index is 5.90. The molecule has 4 N–H and O–H groups in total. The Morgan fingerprint density at radius 1 is 1.15 bits per heavy atom. The van der Waals surface area contributed by atoms with E-state index >= 15 is 0 Å². The second-order valence-electron chi connectivity index (χ2n) is 4.53. The SMILES string of the molecule is C/C(=C\c1coc2nc(N)nc(N)c12)c1ccccc1. The molecule has 0 aliphatic carbocycles. The Labute approximate surface area is 115 Å². The van der Waals surface area contributed by atoms with E-state index in [4.69, 9.17) is 15.9 Å². The van der Waals surface area contributed by atoms with Crippen LogP contribution in [-0.2, 0) is 0 Å². The molecule has 5 nitrogen and oxygen atoms in total. The average molecular weight is 266 g/mol. The van der Waals surface area contributed by atoms with Gasteiger partial charge in [-0.2, -0.15) is 9.97 Å².